The first-order chi connectivity index (χ1) is 7.20. The van der Waals surface area contributed by atoms with Crippen molar-refractivity contribution < 1.29 is 14.3 Å². The van der Waals surface area contributed by atoms with Gasteiger partial charge in [-0.3, -0.25) is 14.5 Å². The minimum absolute atomic E-state index is 0.0771. The number of hydrogen-bond donors (Lipinski definition) is 1. The van der Waals surface area contributed by atoms with Crippen molar-refractivity contribution in [1.29, 1.82) is 0 Å². The Kier molecular flexibility index (Phi) is 4.71. The molecule has 1 N–H and O–H groups in total. The first kappa shape index (κ1) is 12.1. The van der Waals surface area contributed by atoms with Crippen LogP contribution in [0.5, 0.6) is 0 Å². The summed E-state index contributed by atoms with van der Waals surface area (Å²) in [5.41, 5.74) is 0. The third kappa shape index (κ3) is 3.00. The van der Waals surface area contributed by atoms with E-state index in [1.165, 1.54) is 4.90 Å². The molecule has 86 valence electrons. The van der Waals surface area contributed by atoms with Crippen molar-refractivity contribution in [1.82, 2.24) is 10.2 Å². The molecular weight excluding hydrogens is 196 g/mol. The molecule has 1 unspecified atom stereocenters. The zero-order valence-electron chi connectivity index (χ0n) is 9.28. The molecule has 1 atom stereocenters. The molecule has 15 heavy (non-hydrogen) atoms. The molecule has 0 aromatic carbocycles. The number of nitrogens with one attached hydrogen (secondary N) is 1. The molecule has 1 aliphatic heterocycles. The minimum atomic E-state index is -0.325. The molecule has 1 rings (SSSR count). The van der Waals surface area contributed by atoms with Crippen molar-refractivity contribution in [3.05, 3.63) is 0 Å². The first-order valence-electron chi connectivity index (χ1n) is 5.27. The van der Waals surface area contributed by atoms with E-state index in [0.717, 1.165) is 6.42 Å². The summed E-state index contributed by atoms with van der Waals surface area (Å²) in [6.45, 7) is 3.64. The first-order valence-corrected chi connectivity index (χ1v) is 5.27. The predicted molar refractivity (Wildman–Crippen MR) is 55.3 cm³/mol. The lowest BCUT2D eigenvalue weighted by atomic mass is 10.2. The van der Waals surface area contributed by atoms with E-state index >= 15 is 0 Å². The van der Waals surface area contributed by atoms with E-state index < -0.39 is 0 Å². The molecule has 0 aromatic rings. The van der Waals surface area contributed by atoms with Crippen LogP contribution in [0.25, 0.3) is 0 Å². The van der Waals surface area contributed by atoms with Crippen LogP contribution in [0.3, 0.4) is 0 Å². The Morgan fingerprint density at radius 3 is 2.80 bits per heavy atom. The molecule has 0 bridgehead atoms. The van der Waals surface area contributed by atoms with Crippen LogP contribution >= 0.6 is 0 Å². The summed E-state index contributed by atoms with van der Waals surface area (Å²) < 4.78 is 4.89. The molecule has 1 heterocycles. The van der Waals surface area contributed by atoms with Crippen molar-refractivity contribution in [2.45, 2.75) is 25.8 Å². The van der Waals surface area contributed by atoms with Crippen LogP contribution in [0.1, 0.15) is 19.8 Å². The van der Waals surface area contributed by atoms with Gasteiger partial charge in [0.25, 0.3) is 0 Å². The number of amides is 2. The van der Waals surface area contributed by atoms with Crippen molar-refractivity contribution in [2.75, 3.05) is 26.8 Å². The number of methoxy groups -OCH3 is 1. The summed E-state index contributed by atoms with van der Waals surface area (Å²) in [7, 11) is 1.64. The largest absolute Gasteiger partial charge is 0.385 e. The lowest BCUT2D eigenvalue weighted by molar-refractivity contribution is -0.138. The van der Waals surface area contributed by atoms with Gasteiger partial charge in [0, 0.05) is 20.3 Å². The van der Waals surface area contributed by atoms with Gasteiger partial charge < -0.3 is 10.1 Å². The highest BCUT2D eigenvalue weighted by Gasteiger charge is 2.36. The van der Waals surface area contributed by atoms with E-state index in [1.54, 1.807) is 7.11 Å². The minimum Gasteiger partial charge on any atom is -0.385 e. The van der Waals surface area contributed by atoms with Crippen LogP contribution < -0.4 is 5.32 Å². The summed E-state index contributed by atoms with van der Waals surface area (Å²) in [6, 6.07) is -0.325. The van der Waals surface area contributed by atoms with Gasteiger partial charge in [0.2, 0.25) is 11.8 Å². The maximum Gasteiger partial charge on any atom is 0.246 e. The Morgan fingerprint density at radius 1 is 1.53 bits per heavy atom. The molecule has 0 spiro atoms. The van der Waals surface area contributed by atoms with Gasteiger partial charge in [-0.15, -0.1) is 0 Å². The molecule has 0 radical (unpaired) electrons. The van der Waals surface area contributed by atoms with Crippen molar-refractivity contribution in [3.8, 4) is 0 Å². The van der Waals surface area contributed by atoms with E-state index in [2.05, 4.69) is 5.32 Å². The fourth-order valence-electron chi connectivity index (χ4n) is 1.67. The number of hydrogen-bond acceptors (Lipinski definition) is 4. The van der Waals surface area contributed by atoms with Gasteiger partial charge >= 0.3 is 0 Å². The second kappa shape index (κ2) is 5.82. The predicted octanol–water partition coefficient (Wildman–Crippen LogP) is -0.240. The van der Waals surface area contributed by atoms with Gasteiger partial charge in [-0.2, -0.15) is 0 Å². The van der Waals surface area contributed by atoms with Crippen LogP contribution in [0.15, 0.2) is 0 Å². The lowest BCUT2D eigenvalue weighted by Crippen LogP contribution is -2.39. The zero-order chi connectivity index (χ0) is 11.3. The number of imide groups is 1. The number of likely N-dealkylation sites (tertiary alicyclic amines) is 1. The molecule has 0 aromatic heterocycles. The van der Waals surface area contributed by atoms with Gasteiger partial charge in [-0.1, -0.05) is 0 Å². The molecule has 0 aliphatic carbocycles. The summed E-state index contributed by atoms with van der Waals surface area (Å²) in [5.74, 6) is -0.174. The van der Waals surface area contributed by atoms with Gasteiger partial charge in [0.15, 0.2) is 0 Å². The van der Waals surface area contributed by atoms with Crippen molar-refractivity contribution in [2.24, 2.45) is 0 Å². The molecule has 0 saturated carbocycles. The average Bonchev–Trinajstić information content (AvgIpc) is 2.49. The normalized spacial score (nSPS) is 21.5. The second-order valence-corrected chi connectivity index (χ2v) is 3.53. The third-order valence-electron chi connectivity index (χ3n) is 2.48. The topological polar surface area (TPSA) is 58.6 Å². The van der Waals surface area contributed by atoms with Crippen LogP contribution in [0.4, 0.5) is 0 Å². The van der Waals surface area contributed by atoms with Crippen LogP contribution in [-0.4, -0.2) is 49.6 Å². The monoisotopic (exact) mass is 214 g/mol. The molecule has 1 aliphatic rings. The lowest BCUT2D eigenvalue weighted by Gasteiger charge is -2.12. The molecule has 2 amide bonds. The van der Waals surface area contributed by atoms with E-state index in [0.29, 0.717) is 26.1 Å². The number of carbonyl (C=O) groups excluding carboxylic acids is 2. The maximum absolute atomic E-state index is 11.6. The van der Waals surface area contributed by atoms with E-state index in [1.807, 2.05) is 6.92 Å². The summed E-state index contributed by atoms with van der Waals surface area (Å²) in [5, 5.41) is 3.07. The number of rotatable bonds is 6. The highest BCUT2D eigenvalue weighted by Crippen LogP contribution is 2.12. The van der Waals surface area contributed by atoms with E-state index in [9.17, 15) is 9.59 Å². The summed E-state index contributed by atoms with van der Waals surface area (Å²) in [4.78, 5) is 24.3. The second-order valence-electron chi connectivity index (χ2n) is 3.53. The smallest absolute Gasteiger partial charge is 0.246 e. The Labute approximate surface area is 89.8 Å². The third-order valence-corrected chi connectivity index (χ3v) is 2.48. The highest BCUT2D eigenvalue weighted by molar-refractivity contribution is 6.05. The summed E-state index contributed by atoms with van der Waals surface area (Å²) in [6.07, 6.45) is 1.14. The van der Waals surface area contributed by atoms with Gasteiger partial charge in [-0.25, -0.2) is 0 Å². The Bertz CT molecular complexity index is 243. The Balaban J connectivity index is 2.32. The maximum atomic E-state index is 11.6. The fraction of sp³-hybridized carbons (Fsp3) is 0.800. The zero-order valence-corrected chi connectivity index (χ0v) is 9.28. The van der Waals surface area contributed by atoms with E-state index in [-0.39, 0.29) is 17.9 Å². The standard InChI is InChI=1S/C10H18N2O3/c1-3-12-9(13)7-8(10(12)14)11-5-4-6-15-2/h8,11H,3-7H2,1-2H3. The van der Waals surface area contributed by atoms with Crippen molar-refractivity contribution >= 4 is 11.8 Å². The van der Waals surface area contributed by atoms with Gasteiger partial charge in [0.1, 0.15) is 0 Å². The molecule has 5 heteroatoms. The van der Waals surface area contributed by atoms with Crippen LogP contribution in [0, 0.1) is 0 Å². The van der Waals surface area contributed by atoms with Crippen LogP contribution in [0.2, 0.25) is 0 Å². The molecule has 1 saturated heterocycles. The molecular formula is C10H18N2O3. The quantitative estimate of drug-likeness (QED) is 0.490. The Hall–Kier alpha value is -0.940. The summed E-state index contributed by atoms with van der Waals surface area (Å²) >= 11 is 0. The van der Waals surface area contributed by atoms with Gasteiger partial charge in [0.05, 0.1) is 12.5 Å². The SMILES string of the molecule is CCN1C(=O)CC(NCCCOC)C1=O. The average molecular weight is 214 g/mol. The van der Waals surface area contributed by atoms with Crippen molar-refractivity contribution in [3.63, 3.8) is 0 Å². The molecule has 5 nitrogen and oxygen atoms in total. The van der Waals surface area contributed by atoms with Gasteiger partial charge in [-0.05, 0) is 19.9 Å². The highest BCUT2D eigenvalue weighted by atomic mass is 16.5. The van der Waals surface area contributed by atoms with Crippen LogP contribution in [-0.2, 0) is 14.3 Å². The fourth-order valence-corrected chi connectivity index (χ4v) is 1.67. The number of carbonyl (C=O) groups is 2. The number of nitrogens with zero attached hydrogens (tertiary/aromatic N) is 1. The number of ether oxygens (including phenoxy) is 1. The number of likely N-dealkylation sites (N-methyl/N-ethyl adjacent to an activating group) is 1. The van der Waals surface area contributed by atoms with E-state index in [4.69, 9.17) is 4.74 Å². The molecule has 1 fully saturated rings. The Morgan fingerprint density at radius 2 is 2.27 bits per heavy atom.